The van der Waals surface area contributed by atoms with E-state index in [1.54, 1.807) is 18.2 Å². The summed E-state index contributed by atoms with van der Waals surface area (Å²) in [4.78, 5) is 0. The van der Waals surface area contributed by atoms with Crippen molar-refractivity contribution in [1.82, 2.24) is 0 Å². The van der Waals surface area contributed by atoms with E-state index in [1.165, 1.54) is 0 Å². The molecule has 118 valence electrons. The minimum atomic E-state index is 0.0328. The van der Waals surface area contributed by atoms with E-state index in [2.05, 4.69) is 12.1 Å². The molecule has 0 aromatic heterocycles. The third kappa shape index (κ3) is 5.91. The Labute approximate surface area is 125 Å². The summed E-state index contributed by atoms with van der Waals surface area (Å²) in [6.07, 6.45) is 2.17. The highest BCUT2D eigenvalue weighted by Gasteiger charge is 2.09. The Morgan fingerprint density at radius 1 is 1.14 bits per heavy atom. The van der Waals surface area contributed by atoms with Crippen LogP contribution in [0.4, 0.5) is 0 Å². The third-order valence-corrected chi connectivity index (χ3v) is 2.77. The van der Waals surface area contributed by atoms with E-state index in [0.29, 0.717) is 36.9 Å². The monoisotopic (exact) mass is 296 g/mol. The molecular formula is C15H24N2O4. The molecule has 21 heavy (non-hydrogen) atoms. The van der Waals surface area contributed by atoms with Crippen LogP contribution in [0.3, 0.4) is 0 Å². The Balaban J connectivity index is 2.60. The second-order valence-electron chi connectivity index (χ2n) is 4.39. The average Bonchev–Trinajstić information content (AvgIpc) is 2.51. The summed E-state index contributed by atoms with van der Waals surface area (Å²) >= 11 is 0. The fourth-order valence-electron chi connectivity index (χ4n) is 1.67. The standard InChI is InChI=1S/C15H24N2O4/c1-3-5-8-19-9-10-21-13-7-6-12(15(16)17-18)11-14(13)20-4-2/h6-7,11,18H,3-5,8-10H2,1-2H3,(H2,16,17). The largest absolute Gasteiger partial charge is 0.490 e. The van der Waals surface area contributed by atoms with Crippen LogP contribution in [0.5, 0.6) is 11.5 Å². The Morgan fingerprint density at radius 2 is 1.95 bits per heavy atom. The average molecular weight is 296 g/mol. The highest BCUT2D eigenvalue weighted by Crippen LogP contribution is 2.28. The second-order valence-corrected chi connectivity index (χ2v) is 4.39. The molecule has 1 aromatic rings. The molecule has 0 aliphatic rings. The molecule has 3 N–H and O–H groups in total. The van der Waals surface area contributed by atoms with Gasteiger partial charge in [-0.1, -0.05) is 18.5 Å². The number of benzene rings is 1. The molecule has 0 aliphatic heterocycles. The summed E-state index contributed by atoms with van der Waals surface area (Å²) in [6, 6.07) is 5.14. The van der Waals surface area contributed by atoms with Crippen molar-refractivity contribution in [1.29, 1.82) is 0 Å². The van der Waals surface area contributed by atoms with Crippen molar-refractivity contribution in [2.45, 2.75) is 26.7 Å². The van der Waals surface area contributed by atoms with E-state index >= 15 is 0 Å². The van der Waals surface area contributed by atoms with Crippen molar-refractivity contribution < 1.29 is 19.4 Å². The van der Waals surface area contributed by atoms with Crippen LogP contribution in [0.2, 0.25) is 0 Å². The van der Waals surface area contributed by atoms with Crippen molar-refractivity contribution in [3.8, 4) is 11.5 Å². The van der Waals surface area contributed by atoms with Crippen LogP contribution in [0.1, 0.15) is 32.3 Å². The predicted molar refractivity (Wildman–Crippen MR) is 81.3 cm³/mol. The van der Waals surface area contributed by atoms with Gasteiger partial charge in [-0.3, -0.25) is 0 Å². The van der Waals surface area contributed by atoms with Gasteiger partial charge in [0.15, 0.2) is 17.3 Å². The topological polar surface area (TPSA) is 86.3 Å². The maximum absolute atomic E-state index is 8.70. The number of ether oxygens (including phenoxy) is 3. The number of hydrogen-bond donors (Lipinski definition) is 2. The Hall–Kier alpha value is -1.95. The van der Waals surface area contributed by atoms with Gasteiger partial charge in [0.05, 0.1) is 13.2 Å². The van der Waals surface area contributed by atoms with Gasteiger partial charge in [-0.15, -0.1) is 0 Å². The van der Waals surface area contributed by atoms with Gasteiger partial charge < -0.3 is 25.2 Å². The van der Waals surface area contributed by atoms with Crippen molar-refractivity contribution in [2.75, 3.05) is 26.4 Å². The second kappa shape index (κ2) is 9.88. The van der Waals surface area contributed by atoms with Crippen LogP contribution in [0.15, 0.2) is 23.4 Å². The van der Waals surface area contributed by atoms with Crippen LogP contribution >= 0.6 is 0 Å². The van der Waals surface area contributed by atoms with E-state index in [9.17, 15) is 0 Å². The predicted octanol–water partition coefficient (Wildman–Crippen LogP) is 2.38. The lowest BCUT2D eigenvalue weighted by atomic mass is 10.2. The molecule has 6 nitrogen and oxygen atoms in total. The van der Waals surface area contributed by atoms with Crippen LogP contribution < -0.4 is 15.2 Å². The summed E-state index contributed by atoms with van der Waals surface area (Å²) in [5, 5.41) is 11.7. The number of nitrogens with zero attached hydrogens (tertiary/aromatic N) is 1. The van der Waals surface area contributed by atoms with E-state index < -0.39 is 0 Å². The van der Waals surface area contributed by atoms with E-state index in [-0.39, 0.29) is 5.84 Å². The number of rotatable bonds is 10. The number of hydrogen-bond acceptors (Lipinski definition) is 5. The molecule has 0 aliphatic carbocycles. The highest BCUT2D eigenvalue weighted by molar-refractivity contribution is 5.97. The Kier molecular flexibility index (Phi) is 8.04. The fraction of sp³-hybridized carbons (Fsp3) is 0.533. The lowest BCUT2D eigenvalue weighted by molar-refractivity contribution is 0.0967. The van der Waals surface area contributed by atoms with Crippen molar-refractivity contribution in [3.63, 3.8) is 0 Å². The summed E-state index contributed by atoms with van der Waals surface area (Å²) < 4.78 is 16.6. The number of oxime groups is 1. The van der Waals surface area contributed by atoms with Crippen LogP contribution in [0.25, 0.3) is 0 Å². The van der Waals surface area contributed by atoms with Gasteiger partial charge in [0, 0.05) is 12.2 Å². The van der Waals surface area contributed by atoms with Crippen molar-refractivity contribution in [2.24, 2.45) is 10.9 Å². The van der Waals surface area contributed by atoms with Gasteiger partial charge in [0.2, 0.25) is 0 Å². The van der Waals surface area contributed by atoms with Gasteiger partial charge >= 0.3 is 0 Å². The molecule has 0 unspecified atom stereocenters. The maximum atomic E-state index is 8.70. The summed E-state index contributed by atoms with van der Waals surface area (Å²) in [5.41, 5.74) is 6.14. The first-order chi connectivity index (χ1) is 10.2. The molecule has 6 heteroatoms. The number of amidine groups is 1. The molecule has 0 fully saturated rings. The van der Waals surface area contributed by atoms with Crippen LogP contribution in [-0.2, 0) is 4.74 Å². The molecule has 1 aromatic carbocycles. The molecule has 0 saturated heterocycles. The molecule has 0 atom stereocenters. The van der Waals surface area contributed by atoms with Crippen molar-refractivity contribution >= 4 is 5.84 Å². The zero-order chi connectivity index (χ0) is 15.5. The first-order valence-electron chi connectivity index (χ1n) is 7.18. The van der Waals surface area contributed by atoms with Gasteiger partial charge in [-0.2, -0.15) is 0 Å². The van der Waals surface area contributed by atoms with Crippen molar-refractivity contribution in [3.05, 3.63) is 23.8 Å². The minimum absolute atomic E-state index is 0.0328. The van der Waals surface area contributed by atoms with Gasteiger partial charge in [-0.05, 0) is 31.5 Å². The molecule has 0 spiro atoms. The molecule has 0 heterocycles. The number of unbranched alkanes of at least 4 members (excludes halogenated alkanes) is 1. The summed E-state index contributed by atoms with van der Waals surface area (Å²) in [6.45, 7) is 6.24. The zero-order valence-electron chi connectivity index (χ0n) is 12.7. The summed E-state index contributed by atoms with van der Waals surface area (Å²) in [5.74, 6) is 1.21. The maximum Gasteiger partial charge on any atom is 0.170 e. The molecule has 1 rings (SSSR count). The normalized spacial score (nSPS) is 11.4. The molecule has 0 amide bonds. The smallest absolute Gasteiger partial charge is 0.170 e. The van der Waals surface area contributed by atoms with Gasteiger partial charge in [0.25, 0.3) is 0 Å². The zero-order valence-corrected chi connectivity index (χ0v) is 12.7. The highest BCUT2D eigenvalue weighted by atomic mass is 16.5. The first kappa shape index (κ1) is 17.1. The quantitative estimate of drug-likeness (QED) is 0.228. The molecule has 0 saturated carbocycles. The Bertz CT molecular complexity index is 449. The first-order valence-corrected chi connectivity index (χ1v) is 7.18. The Morgan fingerprint density at radius 3 is 2.62 bits per heavy atom. The van der Waals surface area contributed by atoms with Crippen LogP contribution in [0, 0.1) is 0 Å². The lowest BCUT2D eigenvalue weighted by Crippen LogP contribution is -2.14. The van der Waals surface area contributed by atoms with E-state index in [0.717, 1.165) is 19.4 Å². The molecule has 0 bridgehead atoms. The van der Waals surface area contributed by atoms with E-state index in [1.807, 2.05) is 6.92 Å². The van der Waals surface area contributed by atoms with E-state index in [4.69, 9.17) is 25.2 Å². The number of nitrogens with two attached hydrogens (primary N) is 1. The minimum Gasteiger partial charge on any atom is -0.490 e. The van der Waals surface area contributed by atoms with Gasteiger partial charge in [0.1, 0.15) is 6.61 Å². The molecule has 0 radical (unpaired) electrons. The fourth-order valence-corrected chi connectivity index (χ4v) is 1.67. The lowest BCUT2D eigenvalue weighted by Gasteiger charge is -2.13. The third-order valence-electron chi connectivity index (χ3n) is 2.77. The van der Waals surface area contributed by atoms with Gasteiger partial charge in [-0.25, -0.2) is 0 Å². The molecular weight excluding hydrogens is 272 g/mol. The summed E-state index contributed by atoms with van der Waals surface area (Å²) in [7, 11) is 0. The van der Waals surface area contributed by atoms with Crippen LogP contribution in [-0.4, -0.2) is 37.5 Å². The SMILES string of the molecule is CCCCOCCOc1ccc(C(N)=NO)cc1OCC.